The van der Waals surface area contributed by atoms with Crippen LogP contribution in [0.3, 0.4) is 0 Å². The predicted octanol–water partition coefficient (Wildman–Crippen LogP) is 4.79. The molecule has 0 amide bonds. The van der Waals surface area contributed by atoms with Crippen molar-refractivity contribution in [1.29, 1.82) is 0 Å². The van der Waals surface area contributed by atoms with Crippen molar-refractivity contribution >= 4 is 0 Å². The second-order valence-electron chi connectivity index (χ2n) is 11.2. The first-order valence-corrected chi connectivity index (χ1v) is 11.7. The fourth-order valence-corrected chi connectivity index (χ4v) is 8.64. The molecule has 156 valence electrons. The van der Waals surface area contributed by atoms with Gasteiger partial charge in [0.15, 0.2) is 0 Å². The van der Waals surface area contributed by atoms with E-state index in [1.807, 2.05) is 13.8 Å². The molecule has 0 aromatic rings. The van der Waals surface area contributed by atoms with Gasteiger partial charge in [-0.1, -0.05) is 6.92 Å². The Bertz CT molecular complexity index is 544. The van der Waals surface area contributed by atoms with Crippen molar-refractivity contribution in [3.05, 3.63) is 0 Å². The van der Waals surface area contributed by atoms with Gasteiger partial charge in [-0.05, 0) is 119 Å². The molecule has 0 aromatic heterocycles. The van der Waals surface area contributed by atoms with Crippen LogP contribution in [0.25, 0.3) is 0 Å². The Kier molecular flexibility index (Phi) is 5.22. The minimum atomic E-state index is -0.485. The summed E-state index contributed by atoms with van der Waals surface area (Å²) in [5.41, 5.74) is 0.127. The number of aliphatic hydroxyl groups is 2. The maximum atomic E-state index is 10.8. The second kappa shape index (κ2) is 6.99. The van der Waals surface area contributed by atoms with Crippen LogP contribution < -0.4 is 0 Å². The molecule has 27 heavy (non-hydrogen) atoms. The van der Waals surface area contributed by atoms with Gasteiger partial charge in [0.25, 0.3) is 0 Å². The van der Waals surface area contributed by atoms with Crippen molar-refractivity contribution in [2.24, 2.45) is 40.4 Å². The first kappa shape index (κ1) is 20.2. The van der Waals surface area contributed by atoms with Crippen molar-refractivity contribution in [1.82, 2.24) is 0 Å². The third-order valence-electron chi connectivity index (χ3n) is 9.88. The molecule has 0 saturated heterocycles. The SMILES string of the molecule is CCOCC12CCC(C)(O)CC1CCC1C3CCC(C(C)O)C3(C)CCC12. The molecule has 2 N–H and O–H groups in total. The summed E-state index contributed by atoms with van der Waals surface area (Å²) in [6.07, 6.45) is 10.5. The summed E-state index contributed by atoms with van der Waals surface area (Å²) >= 11 is 0. The third kappa shape index (κ3) is 3.11. The fraction of sp³-hybridized carbons (Fsp3) is 1.00. The van der Waals surface area contributed by atoms with Gasteiger partial charge in [0.1, 0.15) is 0 Å². The lowest BCUT2D eigenvalue weighted by atomic mass is 9.43. The molecule has 0 spiro atoms. The first-order valence-electron chi connectivity index (χ1n) is 11.7. The van der Waals surface area contributed by atoms with Crippen molar-refractivity contribution < 1.29 is 14.9 Å². The number of ether oxygens (including phenoxy) is 1. The molecule has 3 nitrogen and oxygen atoms in total. The van der Waals surface area contributed by atoms with E-state index in [0.29, 0.717) is 17.3 Å². The van der Waals surface area contributed by atoms with Crippen molar-refractivity contribution in [2.75, 3.05) is 13.2 Å². The Morgan fingerprint density at radius 1 is 1.00 bits per heavy atom. The quantitative estimate of drug-likeness (QED) is 0.739. The summed E-state index contributed by atoms with van der Waals surface area (Å²) < 4.78 is 6.12. The van der Waals surface area contributed by atoms with E-state index in [9.17, 15) is 10.2 Å². The highest BCUT2D eigenvalue weighted by atomic mass is 16.5. The van der Waals surface area contributed by atoms with Gasteiger partial charge >= 0.3 is 0 Å². The zero-order valence-corrected chi connectivity index (χ0v) is 18.0. The number of rotatable bonds is 4. The molecule has 4 saturated carbocycles. The Balaban J connectivity index is 1.63. The topological polar surface area (TPSA) is 49.7 Å². The molecule has 4 rings (SSSR count). The summed E-state index contributed by atoms with van der Waals surface area (Å²) in [4.78, 5) is 0. The zero-order chi connectivity index (χ0) is 19.4. The Labute approximate surface area is 166 Å². The summed E-state index contributed by atoms with van der Waals surface area (Å²) in [5.74, 6) is 3.43. The van der Waals surface area contributed by atoms with E-state index >= 15 is 0 Å². The standard InChI is InChI=1S/C24H42O3/c1-5-27-15-24-13-12-22(3,26)14-17(24)6-7-18-20-9-8-19(16(2)25)23(20,4)11-10-21(18)24/h16-21,25-26H,5-15H2,1-4H3. The van der Waals surface area contributed by atoms with Crippen LogP contribution in [-0.4, -0.2) is 35.1 Å². The van der Waals surface area contributed by atoms with Crippen LogP contribution in [0.4, 0.5) is 0 Å². The van der Waals surface area contributed by atoms with Crippen LogP contribution in [0.2, 0.25) is 0 Å². The van der Waals surface area contributed by atoms with Crippen LogP contribution in [-0.2, 0) is 4.74 Å². The van der Waals surface area contributed by atoms with Crippen molar-refractivity contribution in [3.63, 3.8) is 0 Å². The fourth-order valence-electron chi connectivity index (χ4n) is 8.64. The lowest BCUT2D eigenvalue weighted by Crippen LogP contribution is -2.58. The van der Waals surface area contributed by atoms with E-state index in [-0.39, 0.29) is 11.5 Å². The molecule has 0 aliphatic heterocycles. The summed E-state index contributed by atoms with van der Waals surface area (Å²) in [5, 5.41) is 21.2. The van der Waals surface area contributed by atoms with E-state index in [4.69, 9.17) is 4.74 Å². The van der Waals surface area contributed by atoms with Crippen molar-refractivity contribution in [3.8, 4) is 0 Å². The predicted molar refractivity (Wildman–Crippen MR) is 108 cm³/mol. The highest BCUT2D eigenvalue weighted by Crippen LogP contribution is 2.68. The number of aliphatic hydroxyl groups excluding tert-OH is 1. The number of hydrogen-bond acceptors (Lipinski definition) is 3. The Morgan fingerprint density at radius 3 is 2.48 bits per heavy atom. The molecule has 9 unspecified atom stereocenters. The normalized spacial score (nSPS) is 53.3. The molecule has 0 heterocycles. The minimum Gasteiger partial charge on any atom is -0.393 e. The van der Waals surface area contributed by atoms with E-state index in [2.05, 4.69) is 13.8 Å². The average Bonchev–Trinajstić information content (AvgIpc) is 2.97. The lowest BCUT2D eigenvalue weighted by Gasteiger charge is -2.62. The van der Waals surface area contributed by atoms with Gasteiger partial charge in [-0.25, -0.2) is 0 Å². The average molecular weight is 379 g/mol. The molecular formula is C24H42O3. The highest BCUT2D eigenvalue weighted by Gasteiger charge is 2.62. The van der Waals surface area contributed by atoms with Gasteiger partial charge in [0.05, 0.1) is 18.3 Å². The number of fused-ring (bicyclic) bond motifs is 5. The number of hydrogen-bond donors (Lipinski definition) is 2. The van der Waals surface area contributed by atoms with Gasteiger partial charge in [0.2, 0.25) is 0 Å². The summed E-state index contributed by atoms with van der Waals surface area (Å²) in [6, 6.07) is 0. The van der Waals surface area contributed by atoms with Crippen LogP contribution in [0.5, 0.6) is 0 Å². The van der Waals surface area contributed by atoms with Crippen LogP contribution in [0.15, 0.2) is 0 Å². The molecular weight excluding hydrogens is 336 g/mol. The minimum absolute atomic E-state index is 0.171. The lowest BCUT2D eigenvalue weighted by molar-refractivity contribution is -0.179. The third-order valence-corrected chi connectivity index (χ3v) is 9.88. The molecule has 4 fully saturated rings. The van der Waals surface area contributed by atoms with Crippen LogP contribution >= 0.6 is 0 Å². The van der Waals surface area contributed by atoms with Gasteiger partial charge in [0, 0.05) is 6.61 Å². The summed E-state index contributed by atoms with van der Waals surface area (Å²) in [6.45, 7) is 10.4. The van der Waals surface area contributed by atoms with Crippen LogP contribution in [0.1, 0.15) is 85.5 Å². The molecule has 4 aliphatic rings. The molecule has 0 bridgehead atoms. The van der Waals surface area contributed by atoms with E-state index < -0.39 is 5.60 Å². The Morgan fingerprint density at radius 2 is 1.78 bits per heavy atom. The highest BCUT2D eigenvalue weighted by molar-refractivity contribution is 5.11. The first-order chi connectivity index (χ1) is 12.7. The smallest absolute Gasteiger partial charge is 0.0622 e. The van der Waals surface area contributed by atoms with Gasteiger partial charge in [-0.15, -0.1) is 0 Å². The maximum Gasteiger partial charge on any atom is 0.0622 e. The monoisotopic (exact) mass is 378 g/mol. The second-order valence-corrected chi connectivity index (χ2v) is 11.2. The van der Waals surface area contributed by atoms with Crippen LogP contribution in [0, 0.1) is 40.4 Å². The molecule has 0 radical (unpaired) electrons. The van der Waals surface area contributed by atoms with Gasteiger partial charge in [-0.2, -0.15) is 0 Å². The van der Waals surface area contributed by atoms with E-state index in [0.717, 1.165) is 50.2 Å². The largest absolute Gasteiger partial charge is 0.393 e. The molecule has 4 aliphatic carbocycles. The van der Waals surface area contributed by atoms with E-state index in [1.54, 1.807) is 0 Å². The molecule has 9 atom stereocenters. The van der Waals surface area contributed by atoms with Crippen molar-refractivity contribution in [2.45, 2.75) is 97.2 Å². The van der Waals surface area contributed by atoms with E-state index in [1.165, 1.54) is 38.5 Å². The maximum absolute atomic E-state index is 10.8. The summed E-state index contributed by atoms with van der Waals surface area (Å²) in [7, 11) is 0. The zero-order valence-electron chi connectivity index (χ0n) is 18.0. The molecule has 3 heteroatoms. The van der Waals surface area contributed by atoms with Gasteiger partial charge < -0.3 is 14.9 Å². The Hall–Kier alpha value is -0.120. The molecule has 0 aromatic carbocycles. The van der Waals surface area contributed by atoms with Gasteiger partial charge in [-0.3, -0.25) is 0 Å².